The van der Waals surface area contributed by atoms with Gasteiger partial charge in [-0.3, -0.25) is 9.59 Å². The van der Waals surface area contributed by atoms with Crippen LogP contribution < -0.4 is 9.64 Å². The van der Waals surface area contributed by atoms with Gasteiger partial charge in [0.05, 0.1) is 18.9 Å². The van der Waals surface area contributed by atoms with Gasteiger partial charge in [-0.25, -0.2) is 4.98 Å². The summed E-state index contributed by atoms with van der Waals surface area (Å²) in [7, 11) is 3.66. The molecule has 3 heterocycles. The lowest BCUT2D eigenvalue weighted by atomic mass is 9.94. The first-order valence-electron chi connectivity index (χ1n) is 9.43. The second kappa shape index (κ2) is 7.89. The molecule has 28 heavy (non-hydrogen) atoms. The number of methoxy groups -OCH3 is 1. The summed E-state index contributed by atoms with van der Waals surface area (Å²) < 4.78 is 5.31. The van der Waals surface area contributed by atoms with Crippen LogP contribution in [0.5, 0.6) is 5.75 Å². The Balaban J connectivity index is 1.50. The molecular weight excluding hydrogens is 376 g/mol. The van der Waals surface area contributed by atoms with Crippen molar-refractivity contribution in [2.45, 2.75) is 13.0 Å². The minimum absolute atomic E-state index is 0.0715. The first-order chi connectivity index (χ1) is 13.6. The van der Waals surface area contributed by atoms with Gasteiger partial charge < -0.3 is 19.4 Å². The minimum Gasteiger partial charge on any atom is -0.496 e. The van der Waals surface area contributed by atoms with E-state index in [9.17, 15) is 9.59 Å². The molecule has 0 saturated carbocycles. The van der Waals surface area contributed by atoms with Gasteiger partial charge in [-0.2, -0.15) is 0 Å². The fourth-order valence-corrected chi connectivity index (χ4v) is 4.72. The number of carbonyl (C=O) groups excluding carboxylic acids is 2. The molecule has 1 fully saturated rings. The number of benzene rings is 1. The van der Waals surface area contributed by atoms with Gasteiger partial charge >= 0.3 is 0 Å². The number of carbonyl (C=O) groups is 2. The summed E-state index contributed by atoms with van der Waals surface area (Å²) in [4.78, 5) is 35.8. The third kappa shape index (κ3) is 3.49. The third-order valence-corrected chi connectivity index (χ3v) is 6.56. The molecule has 7 nitrogen and oxygen atoms in total. The first-order valence-corrected chi connectivity index (χ1v) is 10.2. The number of fused-ring (bicyclic) bond motifs is 1. The summed E-state index contributed by atoms with van der Waals surface area (Å²) in [5.41, 5.74) is 2.80. The number of amides is 1. The summed E-state index contributed by atoms with van der Waals surface area (Å²) in [6.07, 6.45) is 3.33. The smallest absolute Gasteiger partial charge is 0.265 e. The Kier molecular flexibility index (Phi) is 5.32. The molecule has 1 aromatic carbocycles. The normalized spacial score (nSPS) is 17.4. The molecule has 0 aliphatic carbocycles. The molecule has 1 amide bonds. The Morgan fingerprint density at radius 3 is 2.71 bits per heavy atom. The fourth-order valence-electron chi connectivity index (χ4n) is 3.81. The number of nitrogens with zero attached hydrogens (tertiary/aromatic N) is 4. The minimum atomic E-state index is 0.0715. The zero-order chi connectivity index (χ0) is 19.7. The Morgan fingerprint density at radius 1 is 1.21 bits per heavy atom. The molecule has 1 saturated heterocycles. The second-order valence-corrected chi connectivity index (χ2v) is 8.22. The first kappa shape index (κ1) is 18.9. The summed E-state index contributed by atoms with van der Waals surface area (Å²) in [5.74, 6) is 0.693. The molecule has 8 heteroatoms. The van der Waals surface area contributed by atoms with E-state index in [4.69, 9.17) is 4.74 Å². The Morgan fingerprint density at radius 2 is 2.00 bits per heavy atom. The van der Waals surface area contributed by atoms with E-state index in [2.05, 4.69) is 21.8 Å². The molecular formula is C20H24N4O3S. The van der Waals surface area contributed by atoms with Crippen molar-refractivity contribution in [3.05, 3.63) is 39.9 Å². The van der Waals surface area contributed by atoms with E-state index in [0.29, 0.717) is 22.7 Å². The van der Waals surface area contributed by atoms with Gasteiger partial charge in [0.1, 0.15) is 10.6 Å². The molecule has 0 atom stereocenters. The lowest BCUT2D eigenvalue weighted by molar-refractivity contribution is 0.0668. The number of anilines is 1. The van der Waals surface area contributed by atoms with Gasteiger partial charge in [-0.1, -0.05) is 17.4 Å². The number of aromatic nitrogens is 1. The van der Waals surface area contributed by atoms with Crippen LogP contribution in [0.15, 0.2) is 18.3 Å². The summed E-state index contributed by atoms with van der Waals surface area (Å²) in [6.45, 7) is 4.77. The summed E-state index contributed by atoms with van der Waals surface area (Å²) in [5, 5.41) is 0.853. The number of aldehydes is 1. The van der Waals surface area contributed by atoms with Crippen molar-refractivity contribution in [2.75, 3.05) is 51.8 Å². The molecule has 0 radical (unpaired) electrons. The maximum atomic E-state index is 12.8. The SMILES string of the molecule is COc1ccc2c(c1C=O)CCN(c1ncc(C(=O)N3CCN(C)CC3)s1)C2. The van der Waals surface area contributed by atoms with Crippen LogP contribution in [-0.2, 0) is 13.0 Å². The van der Waals surface area contributed by atoms with Crippen LogP contribution in [0.4, 0.5) is 5.13 Å². The lowest BCUT2D eigenvalue weighted by Gasteiger charge is -2.32. The summed E-state index contributed by atoms with van der Waals surface area (Å²) in [6, 6.07) is 3.85. The van der Waals surface area contributed by atoms with Gasteiger partial charge in [0, 0.05) is 39.3 Å². The maximum Gasteiger partial charge on any atom is 0.265 e. The van der Waals surface area contributed by atoms with Gasteiger partial charge in [-0.15, -0.1) is 0 Å². The van der Waals surface area contributed by atoms with E-state index in [0.717, 1.165) is 61.7 Å². The zero-order valence-corrected chi connectivity index (χ0v) is 17.0. The Bertz CT molecular complexity index is 890. The topological polar surface area (TPSA) is 66.0 Å². The van der Waals surface area contributed by atoms with Gasteiger partial charge in [0.2, 0.25) is 0 Å². The highest BCUT2D eigenvalue weighted by Crippen LogP contribution is 2.32. The van der Waals surface area contributed by atoms with Crippen molar-refractivity contribution in [3.8, 4) is 5.75 Å². The van der Waals surface area contributed by atoms with Crippen molar-refractivity contribution >= 4 is 28.7 Å². The molecule has 148 valence electrons. The van der Waals surface area contributed by atoms with Gasteiger partial charge in [0.25, 0.3) is 5.91 Å². The fraction of sp³-hybridized carbons (Fsp3) is 0.450. The number of thiazole rings is 1. The molecule has 2 aliphatic rings. The zero-order valence-electron chi connectivity index (χ0n) is 16.2. The average Bonchev–Trinajstić information content (AvgIpc) is 3.22. The average molecular weight is 401 g/mol. The van der Waals surface area contributed by atoms with Crippen LogP contribution in [0.2, 0.25) is 0 Å². The molecule has 0 N–H and O–H groups in total. The van der Waals surface area contributed by atoms with E-state index in [1.54, 1.807) is 13.3 Å². The van der Waals surface area contributed by atoms with E-state index < -0.39 is 0 Å². The number of piperazine rings is 1. The molecule has 2 aromatic rings. The van der Waals surface area contributed by atoms with Crippen molar-refractivity contribution in [1.29, 1.82) is 0 Å². The molecule has 0 unspecified atom stereocenters. The monoisotopic (exact) mass is 400 g/mol. The van der Waals surface area contributed by atoms with Crippen LogP contribution in [-0.4, -0.2) is 73.9 Å². The number of rotatable bonds is 4. The van der Waals surface area contributed by atoms with Crippen LogP contribution in [0.25, 0.3) is 0 Å². The molecule has 0 bridgehead atoms. The lowest BCUT2D eigenvalue weighted by Crippen LogP contribution is -2.46. The van der Waals surface area contributed by atoms with Crippen molar-refractivity contribution in [1.82, 2.24) is 14.8 Å². The van der Waals surface area contributed by atoms with E-state index in [1.807, 2.05) is 17.0 Å². The standard InChI is InChI=1S/C20H24N4O3S/c1-22-7-9-23(10-8-22)19(26)18-11-21-20(28-18)24-6-5-15-14(12-24)3-4-17(27-2)16(15)13-25/h3-4,11,13H,5-10,12H2,1-2H3. The highest BCUT2D eigenvalue weighted by atomic mass is 32.1. The largest absolute Gasteiger partial charge is 0.496 e. The Hall–Kier alpha value is -2.45. The second-order valence-electron chi connectivity index (χ2n) is 7.21. The third-order valence-electron chi connectivity index (χ3n) is 5.51. The van der Waals surface area contributed by atoms with Gasteiger partial charge in [-0.05, 0) is 30.7 Å². The highest BCUT2D eigenvalue weighted by molar-refractivity contribution is 7.17. The number of hydrogen-bond donors (Lipinski definition) is 0. The van der Waals surface area contributed by atoms with Crippen molar-refractivity contribution < 1.29 is 14.3 Å². The number of likely N-dealkylation sites (N-methyl/N-ethyl adjacent to an activating group) is 1. The molecule has 4 rings (SSSR count). The van der Waals surface area contributed by atoms with Crippen molar-refractivity contribution in [3.63, 3.8) is 0 Å². The van der Waals surface area contributed by atoms with Crippen molar-refractivity contribution in [2.24, 2.45) is 0 Å². The molecule has 2 aliphatic heterocycles. The molecule has 0 spiro atoms. The van der Waals surface area contributed by atoms with Gasteiger partial charge in [0.15, 0.2) is 11.4 Å². The van der Waals surface area contributed by atoms with Crippen LogP contribution in [0.3, 0.4) is 0 Å². The van der Waals surface area contributed by atoms with Crippen LogP contribution >= 0.6 is 11.3 Å². The quantitative estimate of drug-likeness (QED) is 0.731. The number of hydrogen-bond acceptors (Lipinski definition) is 7. The Labute approximate surface area is 168 Å². The maximum absolute atomic E-state index is 12.8. The predicted octanol–water partition coefficient (Wildman–Crippen LogP) is 1.91. The van der Waals surface area contributed by atoms with Crippen LogP contribution in [0, 0.1) is 0 Å². The number of ether oxygens (including phenoxy) is 1. The highest BCUT2D eigenvalue weighted by Gasteiger charge is 2.26. The summed E-state index contributed by atoms with van der Waals surface area (Å²) >= 11 is 1.45. The molecule has 1 aromatic heterocycles. The van der Waals surface area contributed by atoms with E-state index in [1.165, 1.54) is 11.3 Å². The van der Waals surface area contributed by atoms with E-state index in [-0.39, 0.29) is 5.91 Å². The predicted molar refractivity (Wildman–Crippen MR) is 109 cm³/mol. The van der Waals surface area contributed by atoms with Crippen LogP contribution in [0.1, 0.15) is 31.2 Å². The van der Waals surface area contributed by atoms with E-state index >= 15 is 0 Å².